The highest BCUT2D eigenvalue weighted by Gasteiger charge is 2.29. The van der Waals surface area contributed by atoms with Crippen molar-refractivity contribution in [1.29, 1.82) is 0 Å². The summed E-state index contributed by atoms with van der Waals surface area (Å²) in [4.78, 5) is 22.0. The summed E-state index contributed by atoms with van der Waals surface area (Å²) in [5.74, 6) is 1.61. The topological polar surface area (TPSA) is 73.0 Å². The first kappa shape index (κ1) is 22.2. The Labute approximate surface area is 203 Å². The molecule has 3 heterocycles. The number of rotatable bonds is 6. The van der Waals surface area contributed by atoms with Crippen LogP contribution in [-0.4, -0.2) is 31.2 Å². The van der Waals surface area contributed by atoms with Gasteiger partial charge in [-0.2, -0.15) is 0 Å². The Bertz CT molecular complexity index is 1380. The number of hydrogen-bond acceptors (Lipinski definition) is 5. The van der Waals surface area contributed by atoms with E-state index >= 15 is 0 Å². The molecule has 0 amide bonds. The molecule has 2 aromatic carbocycles. The molecule has 0 spiro atoms. The molecule has 170 valence electrons. The summed E-state index contributed by atoms with van der Waals surface area (Å²) < 4.78 is 2.03. The first-order chi connectivity index (χ1) is 16.5. The van der Waals surface area contributed by atoms with Gasteiger partial charge in [-0.25, -0.2) is 0 Å². The molecule has 1 aliphatic rings. The molecule has 0 radical (unpaired) electrons. The number of carbonyl (C=O) groups is 1. The van der Waals surface area contributed by atoms with E-state index in [9.17, 15) is 4.79 Å². The van der Waals surface area contributed by atoms with Gasteiger partial charge >= 0.3 is 0 Å². The molecule has 4 aromatic rings. The highest BCUT2D eigenvalue weighted by Crippen LogP contribution is 2.35. The van der Waals surface area contributed by atoms with Crippen LogP contribution in [0.2, 0.25) is 5.02 Å². The number of aliphatic imine (C=N–C) groups is 1. The summed E-state index contributed by atoms with van der Waals surface area (Å²) in [5, 5.41) is 9.45. The Hall–Kier alpha value is -3.64. The van der Waals surface area contributed by atoms with Crippen molar-refractivity contribution in [3.8, 4) is 16.8 Å². The first-order valence-electron chi connectivity index (χ1n) is 11.4. The van der Waals surface area contributed by atoms with Crippen LogP contribution in [0.15, 0.2) is 72.0 Å². The normalized spacial score (nSPS) is 14.7. The average molecular weight is 470 g/mol. The number of aryl methyl sites for hydroxylation is 1. The van der Waals surface area contributed by atoms with Crippen LogP contribution in [0.25, 0.3) is 16.8 Å². The minimum atomic E-state index is -0.428. The molecule has 0 bridgehead atoms. The molecule has 2 aromatic heterocycles. The molecule has 34 heavy (non-hydrogen) atoms. The van der Waals surface area contributed by atoms with Crippen molar-refractivity contribution in [1.82, 2.24) is 19.7 Å². The van der Waals surface area contributed by atoms with Crippen LogP contribution in [0.3, 0.4) is 0 Å². The maximum Gasteiger partial charge on any atom is 0.162 e. The second-order valence-electron chi connectivity index (χ2n) is 8.40. The zero-order valence-corrected chi connectivity index (χ0v) is 19.8. The summed E-state index contributed by atoms with van der Waals surface area (Å²) in [6.45, 7) is 3.94. The molecule has 7 heteroatoms. The van der Waals surface area contributed by atoms with Crippen molar-refractivity contribution in [2.75, 3.05) is 0 Å². The van der Waals surface area contributed by atoms with Crippen molar-refractivity contribution in [2.45, 2.75) is 39.2 Å². The Balaban J connectivity index is 1.75. The second-order valence-corrected chi connectivity index (χ2v) is 8.84. The van der Waals surface area contributed by atoms with E-state index in [4.69, 9.17) is 16.6 Å². The molecule has 0 aliphatic carbocycles. The van der Waals surface area contributed by atoms with Gasteiger partial charge in [-0.3, -0.25) is 19.3 Å². The van der Waals surface area contributed by atoms with Crippen molar-refractivity contribution in [3.63, 3.8) is 0 Å². The van der Waals surface area contributed by atoms with E-state index in [1.165, 1.54) is 0 Å². The van der Waals surface area contributed by atoms with E-state index in [0.717, 1.165) is 45.9 Å². The second kappa shape index (κ2) is 9.31. The number of Topliss-reactive ketones (excluding diaryl/α,β-unsaturated/α-hetero) is 1. The summed E-state index contributed by atoms with van der Waals surface area (Å²) in [6, 6.07) is 17.5. The van der Waals surface area contributed by atoms with Gasteiger partial charge in [0.2, 0.25) is 0 Å². The van der Waals surface area contributed by atoms with Gasteiger partial charge in [-0.05, 0) is 60.9 Å². The maximum absolute atomic E-state index is 12.7. The molecule has 0 N–H and O–H groups in total. The highest BCUT2D eigenvalue weighted by atomic mass is 35.5. The molecular weight excluding hydrogens is 446 g/mol. The van der Waals surface area contributed by atoms with Gasteiger partial charge in [-0.1, -0.05) is 36.7 Å². The predicted octanol–water partition coefficient (Wildman–Crippen LogP) is 5.94. The molecule has 0 saturated heterocycles. The zero-order valence-electron chi connectivity index (χ0n) is 19.1. The smallest absolute Gasteiger partial charge is 0.162 e. The van der Waals surface area contributed by atoms with E-state index < -0.39 is 6.04 Å². The Kier molecular flexibility index (Phi) is 6.07. The summed E-state index contributed by atoms with van der Waals surface area (Å²) in [5.41, 5.74) is 5.74. The number of fused-ring (bicyclic) bond motifs is 3. The summed E-state index contributed by atoms with van der Waals surface area (Å²) in [6.07, 6.45) is 5.18. The van der Waals surface area contributed by atoms with Gasteiger partial charge in [0.1, 0.15) is 17.6 Å². The fourth-order valence-corrected chi connectivity index (χ4v) is 4.52. The van der Waals surface area contributed by atoms with Crippen LogP contribution in [0, 0.1) is 6.92 Å². The molecule has 1 atom stereocenters. The third-order valence-electron chi connectivity index (χ3n) is 6.01. The maximum atomic E-state index is 12.7. The number of aromatic nitrogens is 4. The fourth-order valence-electron chi connectivity index (χ4n) is 4.39. The number of hydrogen-bond donors (Lipinski definition) is 0. The predicted molar refractivity (Wildman–Crippen MR) is 134 cm³/mol. The third kappa shape index (κ3) is 4.17. The fraction of sp³-hybridized carbons (Fsp3) is 0.222. The number of halogens is 1. The van der Waals surface area contributed by atoms with Crippen LogP contribution in [0.1, 0.15) is 55.0 Å². The number of carbonyl (C=O) groups excluding carboxylic acids is 1. The van der Waals surface area contributed by atoms with Crippen molar-refractivity contribution >= 4 is 23.1 Å². The molecular formula is C27H24ClN5O. The van der Waals surface area contributed by atoms with Gasteiger partial charge in [-0.15, -0.1) is 10.2 Å². The number of ketones is 1. The highest BCUT2D eigenvalue weighted by molar-refractivity contribution is 6.30. The van der Waals surface area contributed by atoms with Crippen LogP contribution < -0.4 is 0 Å². The third-order valence-corrected chi connectivity index (χ3v) is 6.26. The van der Waals surface area contributed by atoms with Crippen molar-refractivity contribution < 1.29 is 4.79 Å². The lowest BCUT2D eigenvalue weighted by molar-refractivity contribution is -0.119. The minimum absolute atomic E-state index is 0.169. The van der Waals surface area contributed by atoms with Crippen LogP contribution in [0.4, 0.5) is 0 Å². The number of nitrogens with zero attached hydrogens (tertiary/aromatic N) is 5. The standard InChI is InChI=1S/C27H24ClN5O/c1-3-4-22(34)16-24-27-32-31-17(2)33(27)25-10-7-20(18-11-13-29-14-12-18)15-23(25)26(30-24)19-5-8-21(28)9-6-19/h5-15,24H,3-4,16H2,1-2H3/t24-/m0/s1. The van der Waals surface area contributed by atoms with Crippen molar-refractivity contribution in [3.05, 3.63) is 94.8 Å². The Morgan fingerprint density at radius 1 is 0.971 bits per heavy atom. The molecule has 1 aliphatic heterocycles. The minimum Gasteiger partial charge on any atom is -0.300 e. The van der Waals surface area contributed by atoms with Gasteiger partial charge in [0, 0.05) is 41.4 Å². The van der Waals surface area contributed by atoms with Gasteiger partial charge in [0.25, 0.3) is 0 Å². The first-order valence-corrected chi connectivity index (χ1v) is 11.8. The number of benzene rings is 2. The van der Waals surface area contributed by atoms with Crippen LogP contribution in [-0.2, 0) is 4.79 Å². The van der Waals surface area contributed by atoms with E-state index in [1.54, 1.807) is 12.4 Å². The Morgan fingerprint density at radius 2 is 1.71 bits per heavy atom. The van der Waals surface area contributed by atoms with E-state index in [0.29, 0.717) is 17.3 Å². The molecule has 5 rings (SSSR count). The van der Waals surface area contributed by atoms with E-state index in [-0.39, 0.29) is 12.2 Å². The summed E-state index contributed by atoms with van der Waals surface area (Å²) in [7, 11) is 0. The van der Waals surface area contributed by atoms with E-state index in [1.807, 2.05) is 54.8 Å². The SMILES string of the molecule is CCCC(=O)C[C@@H]1N=C(c2ccc(Cl)cc2)c2cc(-c3ccncc3)ccc2-n2c(C)nnc21. The molecule has 6 nitrogen and oxygen atoms in total. The largest absolute Gasteiger partial charge is 0.300 e. The number of pyridine rings is 1. The van der Waals surface area contributed by atoms with Gasteiger partial charge in [0.15, 0.2) is 5.82 Å². The van der Waals surface area contributed by atoms with Gasteiger partial charge in [0.05, 0.1) is 11.4 Å². The van der Waals surface area contributed by atoms with Crippen LogP contribution in [0.5, 0.6) is 0 Å². The van der Waals surface area contributed by atoms with Crippen molar-refractivity contribution in [2.24, 2.45) is 4.99 Å². The lowest BCUT2D eigenvalue weighted by Crippen LogP contribution is -2.11. The van der Waals surface area contributed by atoms with E-state index in [2.05, 4.69) is 33.4 Å². The lowest BCUT2D eigenvalue weighted by Gasteiger charge is -2.14. The van der Waals surface area contributed by atoms with Gasteiger partial charge < -0.3 is 0 Å². The average Bonchev–Trinajstić information content (AvgIpc) is 3.17. The molecule has 0 fully saturated rings. The Morgan fingerprint density at radius 3 is 2.44 bits per heavy atom. The molecule has 0 saturated carbocycles. The summed E-state index contributed by atoms with van der Waals surface area (Å²) >= 11 is 6.18. The monoisotopic (exact) mass is 469 g/mol. The lowest BCUT2D eigenvalue weighted by atomic mass is 9.96. The van der Waals surface area contributed by atoms with Crippen LogP contribution >= 0.6 is 11.6 Å². The molecule has 0 unspecified atom stereocenters. The quantitative estimate of drug-likeness (QED) is 0.350. The zero-order chi connectivity index (χ0) is 23.7.